The highest BCUT2D eigenvalue weighted by Crippen LogP contribution is 2.38. The van der Waals surface area contributed by atoms with Gasteiger partial charge in [0.2, 0.25) is 0 Å². The van der Waals surface area contributed by atoms with Crippen molar-refractivity contribution in [3.8, 4) is 5.75 Å². The third kappa shape index (κ3) is 4.47. The van der Waals surface area contributed by atoms with Gasteiger partial charge in [-0.15, -0.1) is 6.58 Å². The molecule has 0 aliphatic heterocycles. The Kier molecular flexibility index (Phi) is 5.87. The molecule has 0 spiro atoms. The largest absolute Gasteiger partial charge is 0.487 e. The van der Waals surface area contributed by atoms with E-state index < -0.39 is 11.6 Å². The fraction of sp³-hybridized carbons (Fsp3) is 0.524. The van der Waals surface area contributed by atoms with E-state index in [1.165, 1.54) is 18.2 Å². The number of rotatable bonds is 5. The van der Waals surface area contributed by atoms with E-state index >= 15 is 0 Å². The summed E-state index contributed by atoms with van der Waals surface area (Å²) in [5, 5.41) is 0. The maximum Gasteiger partial charge on any atom is 0.190 e. The molecular formula is C21H25F3O. The van der Waals surface area contributed by atoms with Crippen LogP contribution in [-0.4, -0.2) is 6.61 Å². The van der Waals surface area contributed by atoms with Crippen LogP contribution in [0.5, 0.6) is 5.75 Å². The second kappa shape index (κ2) is 8.11. The summed E-state index contributed by atoms with van der Waals surface area (Å²) in [6.45, 7) is 4.03. The molecule has 2 aliphatic carbocycles. The molecule has 3 rings (SSSR count). The monoisotopic (exact) mass is 350 g/mol. The zero-order valence-electron chi connectivity index (χ0n) is 14.4. The highest BCUT2D eigenvalue weighted by Gasteiger charge is 2.24. The normalized spacial score (nSPS) is 26.8. The van der Waals surface area contributed by atoms with Crippen molar-refractivity contribution >= 4 is 0 Å². The summed E-state index contributed by atoms with van der Waals surface area (Å²) in [5.74, 6) is -0.879. The van der Waals surface area contributed by atoms with Crippen LogP contribution in [0.15, 0.2) is 36.7 Å². The van der Waals surface area contributed by atoms with Crippen LogP contribution in [0.25, 0.3) is 0 Å². The van der Waals surface area contributed by atoms with E-state index in [2.05, 4.69) is 6.58 Å². The van der Waals surface area contributed by atoms with Crippen LogP contribution in [0, 0.1) is 23.5 Å². The van der Waals surface area contributed by atoms with Crippen LogP contribution in [0.3, 0.4) is 0 Å². The number of hydrogen-bond donors (Lipinski definition) is 0. The number of hydrogen-bond acceptors (Lipinski definition) is 1. The van der Waals surface area contributed by atoms with E-state index in [0.717, 1.165) is 25.7 Å². The van der Waals surface area contributed by atoms with E-state index in [-0.39, 0.29) is 30.0 Å². The molecule has 0 heterocycles. The van der Waals surface area contributed by atoms with Gasteiger partial charge in [0.05, 0.1) is 12.4 Å². The average Bonchev–Trinajstić information content (AvgIpc) is 2.62. The van der Waals surface area contributed by atoms with Crippen molar-refractivity contribution in [3.63, 3.8) is 0 Å². The fourth-order valence-corrected chi connectivity index (χ4v) is 3.85. The molecule has 1 aromatic carbocycles. The molecule has 25 heavy (non-hydrogen) atoms. The van der Waals surface area contributed by atoms with Crippen molar-refractivity contribution in [1.29, 1.82) is 0 Å². The van der Waals surface area contributed by atoms with Crippen molar-refractivity contribution in [1.82, 2.24) is 0 Å². The van der Waals surface area contributed by atoms with Gasteiger partial charge in [-0.2, -0.15) is 0 Å². The predicted octanol–water partition coefficient (Wildman–Crippen LogP) is 6.46. The summed E-state index contributed by atoms with van der Waals surface area (Å²) in [6.07, 6.45) is 8.98. The smallest absolute Gasteiger partial charge is 0.190 e. The van der Waals surface area contributed by atoms with Crippen LogP contribution in [0.4, 0.5) is 13.2 Å². The average molecular weight is 350 g/mol. The first-order valence-corrected chi connectivity index (χ1v) is 9.15. The molecule has 0 saturated heterocycles. The lowest BCUT2D eigenvalue weighted by atomic mass is 9.79. The van der Waals surface area contributed by atoms with Crippen molar-refractivity contribution in [3.05, 3.63) is 53.9 Å². The number of ether oxygens (including phenoxy) is 1. The SMILES string of the molecule is C=CC1CCC(c2cc(F)c(OCC3CC=C(F)CC3)c(F)c2)CC1. The molecule has 136 valence electrons. The van der Waals surface area contributed by atoms with Gasteiger partial charge in [0.15, 0.2) is 17.4 Å². The fourth-order valence-electron chi connectivity index (χ4n) is 3.85. The molecule has 0 radical (unpaired) electrons. The predicted molar refractivity (Wildman–Crippen MR) is 93.3 cm³/mol. The minimum atomic E-state index is -0.640. The molecule has 1 atom stereocenters. The zero-order chi connectivity index (χ0) is 17.8. The Hall–Kier alpha value is -1.71. The molecule has 4 heteroatoms. The van der Waals surface area contributed by atoms with Gasteiger partial charge in [-0.25, -0.2) is 13.2 Å². The first kappa shape index (κ1) is 18.1. The minimum absolute atomic E-state index is 0.104. The molecule has 2 aliphatic rings. The lowest BCUT2D eigenvalue weighted by Gasteiger charge is -2.27. The highest BCUT2D eigenvalue weighted by molar-refractivity contribution is 5.33. The van der Waals surface area contributed by atoms with Crippen molar-refractivity contribution in [2.45, 2.75) is 50.9 Å². The van der Waals surface area contributed by atoms with Gasteiger partial charge in [-0.05, 0) is 80.4 Å². The van der Waals surface area contributed by atoms with E-state index in [9.17, 15) is 13.2 Å². The molecule has 1 nitrogen and oxygen atoms in total. The second-order valence-electron chi connectivity index (χ2n) is 7.26. The van der Waals surface area contributed by atoms with Crippen molar-refractivity contribution in [2.75, 3.05) is 6.61 Å². The van der Waals surface area contributed by atoms with E-state index in [0.29, 0.717) is 30.7 Å². The summed E-state index contributed by atoms with van der Waals surface area (Å²) in [4.78, 5) is 0. The summed E-state index contributed by atoms with van der Waals surface area (Å²) in [7, 11) is 0. The number of halogens is 3. The van der Waals surface area contributed by atoms with Gasteiger partial charge < -0.3 is 4.74 Å². The third-order valence-electron chi connectivity index (χ3n) is 5.52. The molecular weight excluding hydrogens is 325 g/mol. The Balaban J connectivity index is 1.63. The van der Waals surface area contributed by atoms with Crippen molar-refractivity contribution in [2.24, 2.45) is 11.8 Å². The van der Waals surface area contributed by atoms with Gasteiger partial charge in [0.1, 0.15) is 0 Å². The Morgan fingerprint density at radius 2 is 1.72 bits per heavy atom. The molecule has 1 unspecified atom stereocenters. The maximum absolute atomic E-state index is 14.4. The van der Waals surface area contributed by atoms with Gasteiger partial charge in [-0.3, -0.25) is 0 Å². The number of allylic oxidation sites excluding steroid dienone is 3. The molecule has 1 fully saturated rings. The highest BCUT2D eigenvalue weighted by atomic mass is 19.1. The Labute approximate surface area is 147 Å². The molecule has 1 saturated carbocycles. The Bertz CT molecular complexity index is 622. The van der Waals surface area contributed by atoms with Gasteiger partial charge in [-0.1, -0.05) is 12.2 Å². The first-order valence-electron chi connectivity index (χ1n) is 9.15. The van der Waals surface area contributed by atoms with E-state index in [4.69, 9.17) is 4.74 Å². The van der Waals surface area contributed by atoms with Gasteiger partial charge in [0, 0.05) is 0 Å². The molecule has 0 aromatic heterocycles. The summed E-state index contributed by atoms with van der Waals surface area (Å²) < 4.78 is 47.2. The van der Waals surface area contributed by atoms with E-state index in [1.807, 2.05) is 6.08 Å². The Morgan fingerprint density at radius 1 is 1.04 bits per heavy atom. The Morgan fingerprint density at radius 3 is 2.28 bits per heavy atom. The van der Waals surface area contributed by atoms with Gasteiger partial charge >= 0.3 is 0 Å². The maximum atomic E-state index is 14.4. The van der Waals surface area contributed by atoms with Gasteiger partial charge in [0.25, 0.3) is 0 Å². The topological polar surface area (TPSA) is 9.23 Å². The quantitative estimate of drug-likeness (QED) is 0.554. The number of benzene rings is 1. The molecule has 0 N–H and O–H groups in total. The van der Waals surface area contributed by atoms with Crippen LogP contribution >= 0.6 is 0 Å². The minimum Gasteiger partial charge on any atom is -0.487 e. The third-order valence-corrected chi connectivity index (χ3v) is 5.52. The first-order chi connectivity index (χ1) is 12.1. The van der Waals surface area contributed by atoms with Crippen LogP contribution in [0.1, 0.15) is 56.4 Å². The summed E-state index contributed by atoms with van der Waals surface area (Å²) >= 11 is 0. The lowest BCUT2D eigenvalue weighted by molar-refractivity contribution is 0.215. The van der Waals surface area contributed by atoms with Crippen LogP contribution in [0.2, 0.25) is 0 Å². The second-order valence-corrected chi connectivity index (χ2v) is 7.26. The van der Waals surface area contributed by atoms with Crippen LogP contribution in [-0.2, 0) is 0 Å². The van der Waals surface area contributed by atoms with Crippen LogP contribution < -0.4 is 4.74 Å². The molecule has 1 aromatic rings. The zero-order valence-corrected chi connectivity index (χ0v) is 14.4. The standard InChI is InChI=1S/C21H25F3O/c1-2-14-3-7-16(8-4-14)17-11-19(23)21(20(24)12-17)25-13-15-5-9-18(22)10-6-15/h2,9,11-12,14-16H,1,3-8,10,13H2. The van der Waals surface area contributed by atoms with Crippen molar-refractivity contribution < 1.29 is 17.9 Å². The molecule has 0 bridgehead atoms. The summed E-state index contributed by atoms with van der Waals surface area (Å²) in [5.41, 5.74) is 0.715. The molecule has 0 amide bonds. The lowest BCUT2D eigenvalue weighted by Crippen LogP contribution is -2.16. The van der Waals surface area contributed by atoms with E-state index in [1.54, 1.807) is 0 Å². The summed E-state index contributed by atoms with van der Waals surface area (Å²) in [6, 6.07) is 2.83.